The average molecular weight is 659 g/mol. The minimum atomic E-state index is -9.35. The summed E-state index contributed by atoms with van der Waals surface area (Å²) in [5.74, 6) is -79.2. The summed E-state index contributed by atoms with van der Waals surface area (Å²) >= 11 is 0. The van der Waals surface area contributed by atoms with E-state index in [4.69, 9.17) is 4.55 Å². The molecular formula is C13H10F21NO3S. The Morgan fingerprint density at radius 1 is 0.487 bits per heavy atom. The van der Waals surface area contributed by atoms with Crippen LogP contribution in [0.4, 0.5) is 92.2 Å². The monoisotopic (exact) mass is 659 g/mol. The van der Waals surface area contributed by atoms with Crippen LogP contribution in [0.5, 0.6) is 0 Å². The molecule has 2 N–H and O–H groups in total. The second-order valence-electron chi connectivity index (χ2n) is 6.93. The van der Waals surface area contributed by atoms with Gasteiger partial charge >= 0.3 is 68.7 Å². The Balaban J connectivity index is 0. The van der Waals surface area contributed by atoms with Gasteiger partial charge < -0.3 is 5.32 Å². The van der Waals surface area contributed by atoms with E-state index in [9.17, 15) is 101 Å². The summed E-state index contributed by atoms with van der Waals surface area (Å²) in [6.07, 6.45) is 0. The molecule has 0 fully saturated rings. The van der Waals surface area contributed by atoms with Gasteiger partial charge in [-0.25, -0.2) is 4.39 Å². The van der Waals surface area contributed by atoms with Crippen molar-refractivity contribution in [3.63, 3.8) is 0 Å². The van der Waals surface area contributed by atoms with Crippen molar-refractivity contribution in [3.8, 4) is 0 Å². The number of hydrogen-bond donors (Lipinski definition) is 2. The van der Waals surface area contributed by atoms with Crippen molar-refractivity contribution >= 4 is 10.1 Å². The zero-order valence-corrected chi connectivity index (χ0v) is 18.6. The molecule has 39 heavy (non-hydrogen) atoms. The molecule has 0 aromatic rings. The molecule has 0 aliphatic rings. The lowest BCUT2D eigenvalue weighted by Gasteiger charge is -2.44. The second-order valence-corrected chi connectivity index (χ2v) is 8.39. The van der Waals surface area contributed by atoms with Gasteiger partial charge in [-0.1, -0.05) is 0 Å². The molecule has 0 atom stereocenters. The van der Waals surface area contributed by atoms with E-state index in [1.807, 2.05) is 14.1 Å². The van der Waals surface area contributed by atoms with E-state index in [1.165, 1.54) is 0 Å². The minimum Gasteiger partial charge on any atom is -0.323 e. The third-order valence-electron chi connectivity index (χ3n) is 4.08. The molecule has 0 radical (unpaired) electrons. The topological polar surface area (TPSA) is 66.4 Å². The van der Waals surface area contributed by atoms with Crippen molar-refractivity contribution in [2.45, 2.75) is 58.6 Å². The molecule has 0 unspecified atom stereocenters. The van der Waals surface area contributed by atoms with E-state index in [-0.39, 0.29) is 0 Å². The van der Waals surface area contributed by atoms with Crippen LogP contribution in [-0.4, -0.2) is 92.3 Å². The first-order valence-corrected chi connectivity index (χ1v) is 9.81. The molecule has 26 heteroatoms. The quantitative estimate of drug-likeness (QED) is 0.212. The maximum absolute atomic E-state index is 13.4. The van der Waals surface area contributed by atoms with Gasteiger partial charge in [0.25, 0.3) is 0 Å². The van der Waals surface area contributed by atoms with Gasteiger partial charge in [-0.3, -0.25) is 4.55 Å². The number of rotatable bonds is 11. The number of alkyl halides is 21. The fourth-order valence-corrected chi connectivity index (χ4v) is 2.29. The Hall–Kier alpha value is -1.60. The lowest BCUT2D eigenvalue weighted by Crippen LogP contribution is -2.77. The largest absolute Gasteiger partial charge is 0.438 e. The first-order valence-electron chi connectivity index (χ1n) is 8.37. The number of hydrogen-bond acceptors (Lipinski definition) is 3. The maximum Gasteiger partial charge on any atom is 0.438 e. The Bertz CT molecular complexity index is 960. The van der Waals surface area contributed by atoms with E-state index in [0.29, 0.717) is 0 Å². The van der Waals surface area contributed by atoms with Crippen molar-refractivity contribution in [2.75, 3.05) is 20.8 Å². The van der Waals surface area contributed by atoms with Crippen molar-refractivity contribution in [2.24, 2.45) is 0 Å². The average Bonchev–Trinajstić information content (AvgIpc) is 2.72. The van der Waals surface area contributed by atoms with Gasteiger partial charge in [0.1, 0.15) is 0 Å². The van der Waals surface area contributed by atoms with Crippen molar-refractivity contribution in [3.05, 3.63) is 0 Å². The summed E-state index contributed by atoms with van der Waals surface area (Å²) in [5, 5.41) is -5.30. The third-order valence-corrected chi connectivity index (χ3v) is 4.98. The van der Waals surface area contributed by atoms with Crippen LogP contribution < -0.4 is 5.32 Å². The highest BCUT2D eigenvalue weighted by atomic mass is 32.2. The predicted molar refractivity (Wildman–Crippen MR) is 82.0 cm³/mol. The Morgan fingerprint density at radius 2 is 0.667 bits per heavy atom. The van der Waals surface area contributed by atoms with E-state index in [2.05, 4.69) is 5.32 Å². The predicted octanol–water partition coefficient (Wildman–Crippen LogP) is 5.99. The highest BCUT2D eigenvalue weighted by Gasteiger charge is 2.98. The fraction of sp³-hybridized carbons (Fsp3) is 1.00. The molecule has 0 aromatic heterocycles. The minimum absolute atomic E-state index is 1.88. The molecular weight excluding hydrogens is 649 g/mol. The molecule has 0 bridgehead atoms. The highest BCUT2D eigenvalue weighted by molar-refractivity contribution is 7.87. The van der Waals surface area contributed by atoms with E-state index in [0.717, 1.165) is 0 Å². The van der Waals surface area contributed by atoms with Gasteiger partial charge in [-0.05, 0) is 14.1 Å². The number of nitrogens with one attached hydrogen (secondary N) is 1. The SMILES string of the molecule is CNC.O=S(=O)(O)C(F)(F)C(F)(F)C(F)(F)C(F)(F)C(F)(F)C(F)(F)C(F)(F)C(F)(F)C(F)(F)C(F)(F)CF. The summed E-state index contributed by atoms with van der Waals surface area (Å²) in [6, 6.07) is 0. The van der Waals surface area contributed by atoms with E-state index < -0.39 is 75.4 Å². The van der Waals surface area contributed by atoms with E-state index >= 15 is 0 Å². The van der Waals surface area contributed by atoms with Crippen LogP contribution in [0.15, 0.2) is 0 Å². The van der Waals surface area contributed by atoms with Crippen LogP contribution >= 0.6 is 0 Å². The molecule has 0 spiro atoms. The fourth-order valence-electron chi connectivity index (χ4n) is 1.84. The standard InChI is InChI=1S/C11H3F21O3S.C2H7N/c12-1-2(13,14)3(15,16)4(17,18)5(19,20)6(21,22)7(23,24)8(25,26)9(27,28)10(29,30)11(31,32)36(33,34)35;1-3-2/h1H2,(H,33,34,35);3H,1-2H3. The van der Waals surface area contributed by atoms with Crippen molar-refractivity contribution in [1.82, 2.24) is 5.32 Å². The van der Waals surface area contributed by atoms with Gasteiger partial charge in [0.2, 0.25) is 0 Å². The first-order chi connectivity index (χ1) is 16.5. The summed E-state index contributed by atoms with van der Waals surface area (Å²) in [5.41, 5.74) is 0. The first kappa shape index (κ1) is 39.5. The van der Waals surface area contributed by atoms with E-state index in [1.54, 1.807) is 0 Å². The summed E-state index contributed by atoms with van der Waals surface area (Å²) in [6.45, 7) is -4.17. The molecule has 0 saturated heterocycles. The van der Waals surface area contributed by atoms with Crippen LogP contribution in [0.2, 0.25) is 0 Å². The van der Waals surface area contributed by atoms with Gasteiger partial charge in [0.15, 0.2) is 6.67 Å². The molecule has 0 heterocycles. The third kappa shape index (κ3) is 5.16. The summed E-state index contributed by atoms with van der Waals surface area (Å²) in [7, 11) is -4.34. The number of halogens is 21. The van der Waals surface area contributed by atoms with Crippen molar-refractivity contribution < 1.29 is 105 Å². The van der Waals surface area contributed by atoms with Gasteiger partial charge in [-0.2, -0.15) is 96.2 Å². The van der Waals surface area contributed by atoms with Crippen molar-refractivity contribution in [1.29, 1.82) is 0 Å². The summed E-state index contributed by atoms with van der Waals surface area (Å²) in [4.78, 5) is 0. The van der Waals surface area contributed by atoms with Crippen LogP contribution in [0.3, 0.4) is 0 Å². The van der Waals surface area contributed by atoms with Crippen LogP contribution in [-0.2, 0) is 10.1 Å². The van der Waals surface area contributed by atoms with Crippen LogP contribution in [0, 0.1) is 0 Å². The lowest BCUT2D eigenvalue weighted by atomic mass is 9.86. The molecule has 0 aliphatic heterocycles. The van der Waals surface area contributed by atoms with Crippen LogP contribution in [0.25, 0.3) is 0 Å². The molecule has 0 amide bonds. The van der Waals surface area contributed by atoms with Crippen LogP contribution in [0.1, 0.15) is 0 Å². The lowest BCUT2D eigenvalue weighted by molar-refractivity contribution is -0.466. The highest BCUT2D eigenvalue weighted by Crippen LogP contribution is 2.66. The molecule has 238 valence electrons. The second kappa shape index (κ2) is 10.3. The van der Waals surface area contributed by atoms with Gasteiger partial charge in [-0.15, -0.1) is 0 Å². The zero-order chi connectivity index (χ0) is 32.9. The smallest absolute Gasteiger partial charge is 0.323 e. The zero-order valence-electron chi connectivity index (χ0n) is 17.8. The van der Waals surface area contributed by atoms with Gasteiger partial charge in [0, 0.05) is 0 Å². The Kier molecular flexibility index (Phi) is 10.5. The molecule has 0 aliphatic carbocycles. The van der Waals surface area contributed by atoms with Gasteiger partial charge in [0.05, 0.1) is 0 Å². The molecule has 4 nitrogen and oxygen atoms in total. The Morgan fingerprint density at radius 3 is 0.846 bits per heavy atom. The maximum atomic E-state index is 13.4. The Labute approximate surface area is 201 Å². The molecule has 0 rings (SSSR count). The normalized spacial score (nSPS) is 16.1. The molecule has 0 saturated carbocycles. The summed E-state index contributed by atoms with van der Waals surface area (Å²) < 4.78 is 302. The molecule has 0 aromatic carbocycles.